The summed E-state index contributed by atoms with van der Waals surface area (Å²) in [5.41, 5.74) is 4.27. The van der Waals surface area contributed by atoms with E-state index in [0.29, 0.717) is 6.42 Å². The Balaban J connectivity index is 2.47. The molecule has 1 aromatic rings. The van der Waals surface area contributed by atoms with Gasteiger partial charge in [0.25, 0.3) is 5.91 Å². The Kier molecular flexibility index (Phi) is 4.74. The van der Waals surface area contributed by atoms with Crippen molar-refractivity contribution in [1.82, 2.24) is 5.43 Å². The number of benzene rings is 1. The number of nitrogens with zero attached hydrogens (tertiary/aromatic N) is 2. The minimum atomic E-state index is -0.380. The highest BCUT2D eigenvalue weighted by atomic mass is 16.2. The zero-order valence-electron chi connectivity index (χ0n) is 9.10. The van der Waals surface area contributed by atoms with Crippen LogP contribution >= 0.6 is 0 Å². The minimum absolute atomic E-state index is 0.165. The lowest BCUT2D eigenvalue weighted by atomic mass is 10.1. The largest absolute Gasteiger partial charge is 0.272 e. The highest BCUT2D eigenvalue weighted by Gasteiger charge is 1.98. The summed E-state index contributed by atoms with van der Waals surface area (Å²) in [6.07, 6.45) is 0.524. The van der Waals surface area contributed by atoms with Crippen molar-refractivity contribution in [2.24, 2.45) is 5.10 Å². The standard InChI is InChI=1S/C12H13N3O/c1-10(14-15-12(16)7-8-13)9-11-5-3-2-4-6-11/h2-6H,7,9H2,1H3,(H,15,16)/b14-10-. The zero-order chi connectivity index (χ0) is 11.8. The van der Waals surface area contributed by atoms with E-state index in [9.17, 15) is 4.79 Å². The van der Waals surface area contributed by atoms with Crippen LogP contribution in [0.25, 0.3) is 0 Å². The molecule has 0 heterocycles. The van der Waals surface area contributed by atoms with E-state index in [1.54, 1.807) is 6.07 Å². The SMILES string of the molecule is C/C(Cc1ccccc1)=N/NC(=O)CC#N. The molecule has 1 N–H and O–H groups in total. The van der Waals surface area contributed by atoms with E-state index in [0.717, 1.165) is 11.3 Å². The smallest absolute Gasteiger partial charge is 0.254 e. The summed E-state index contributed by atoms with van der Waals surface area (Å²) in [4.78, 5) is 11.0. The lowest BCUT2D eigenvalue weighted by Gasteiger charge is -2.01. The lowest BCUT2D eigenvalue weighted by Crippen LogP contribution is -2.18. The van der Waals surface area contributed by atoms with Crippen LogP contribution in [0.2, 0.25) is 0 Å². The second-order valence-corrected chi connectivity index (χ2v) is 3.38. The first-order valence-electron chi connectivity index (χ1n) is 4.95. The van der Waals surface area contributed by atoms with Crippen LogP contribution in [-0.2, 0) is 11.2 Å². The summed E-state index contributed by atoms with van der Waals surface area (Å²) >= 11 is 0. The Labute approximate surface area is 94.6 Å². The van der Waals surface area contributed by atoms with Gasteiger partial charge in [0.2, 0.25) is 0 Å². The normalized spacial score (nSPS) is 10.6. The topological polar surface area (TPSA) is 65.2 Å². The van der Waals surface area contributed by atoms with Crippen LogP contribution in [0.3, 0.4) is 0 Å². The highest BCUT2D eigenvalue weighted by Crippen LogP contribution is 2.00. The molecule has 1 aromatic carbocycles. The van der Waals surface area contributed by atoms with Gasteiger partial charge in [-0.1, -0.05) is 30.3 Å². The summed E-state index contributed by atoms with van der Waals surface area (Å²) in [5, 5.41) is 12.2. The molecule has 4 heteroatoms. The van der Waals surface area contributed by atoms with E-state index in [4.69, 9.17) is 5.26 Å². The number of amides is 1. The number of carbonyl (C=O) groups excluding carboxylic acids is 1. The van der Waals surface area contributed by atoms with Gasteiger partial charge in [0, 0.05) is 12.1 Å². The van der Waals surface area contributed by atoms with Gasteiger partial charge in [-0.15, -0.1) is 0 Å². The van der Waals surface area contributed by atoms with Gasteiger partial charge in [-0.2, -0.15) is 10.4 Å². The average molecular weight is 215 g/mol. The number of nitriles is 1. The van der Waals surface area contributed by atoms with Gasteiger partial charge in [0.1, 0.15) is 6.42 Å². The van der Waals surface area contributed by atoms with Gasteiger partial charge in [-0.05, 0) is 12.5 Å². The Morgan fingerprint density at radius 3 is 2.75 bits per heavy atom. The van der Waals surface area contributed by atoms with Crippen LogP contribution in [0.4, 0.5) is 0 Å². The fraction of sp³-hybridized carbons (Fsp3) is 0.250. The van der Waals surface area contributed by atoms with E-state index in [2.05, 4.69) is 10.5 Å². The summed E-state index contributed by atoms with van der Waals surface area (Å²) in [6, 6.07) is 11.6. The van der Waals surface area contributed by atoms with Crippen molar-refractivity contribution >= 4 is 11.6 Å². The number of nitrogens with one attached hydrogen (secondary N) is 1. The van der Waals surface area contributed by atoms with Crippen LogP contribution < -0.4 is 5.43 Å². The van der Waals surface area contributed by atoms with Crippen LogP contribution in [0.5, 0.6) is 0 Å². The maximum Gasteiger partial charge on any atom is 0.254 e. The van der Waals surface area contributed by atoms with Gasteiger partial charge in [-0.25, -0.2) is 5.43 Å². The van der Waals surface area contributed by atoms with E-state index in [1.807, 2.05) is 37.3 Å². The van der Waals surface area contributed by atoms with Crippen LogP contribution in [0.15, 0.2) is 35.4 Å². The van der Waals surface area contributed by atoms with E-state index in [1.165, 1.54) is 0 Å². The fourth-order valence-electron chi connectivity index (χ4n) is 1.20. The number of carbonyl (C=O) groups is 1. The maximum atomic E-state index is 11.0. The quantitative estimate of drug-likeness (QED) is 0.612. The summed E-state index contributed by atoms with van der Waals surface area (Å²) in [7, 11) is 0. The number of hydrogen-bond acceptors (Lipinski definition) is 3. The van der Waals surface area contributed by atoms with Gasteiger partial charge < -0.3 is 0 Å². The van der Waals surface area contributed by atoms with Gasteiger partial charge >= 0.3 is 0 Å². The number of hydrogen-bond donors (Lipinski definition) is 1. The molecule has 0 saturated carbocycles. The third-order valence-electron chi connectivity index (χ3n) is 1.91. The van der Waals surface area contributed by atoms with Gasteiger partial charge in [0.05, 0.1) is 6.07 Å². The van der Waals surface area contributed by atoms with Crippen molar-refractivity contribution in [2.45, 2.75) is 19.8 Å². The first-order valence-corrected chi connectivity index (χ1v) is 4.95. The predicted octanol–water partition coefficient (Wildman–Crippen LogP) is 1.63. The Morgan fingerprint density at radius 2 is 2.12 bits per heavy atom. The van der Waals surface area contributed by atoms with E-state index in [-0.39, 0.29) is 12.3 Å². The maximum absolute atomic E-state index is 11.0. The number of rotatable bonds is 4. The second-order valence-electron chi connectivity index (χ2n) is 3.38. The molecule has 82 valence electrons. The summed E-state index contributed by atoms with van der Waals surface area (Å²) < 4.78 is 0. The van der Waals surface area contributed by atoms with E-state index < -0.39 is 0 Å². The molecular formula is C12H13N3O. The second kappa shape index (κ2) is 6.36. The average Bonchev–Trinajstić information content (AvgIpc) is 2.28. The Morgan fingerprint density at radius 1 is 1.44 bits per heavy atom. The van der Waals surface area contributed by atoms with E-state index >= 15 is 0 Å². The zero-order valence-corrected chi connectivity index (χ0v) is 9.10. The van der Waals surface area contributed by atoms with Crippen LogP contribution in [0, 0.1) is 11.3 Å². The molecule has 0 atom stereocenters. The number of hydrazone groups is 1. The van der Waals surface area contributed by atoms with Gasteiger partial charge in [0.15, 0.2) is 0 Å². The van der Waals surface area contributed by atoms with Crippen molar-refractivity contribution < 1.29 is 4.79 Å². The minimum Gasteiger partial charge on any atom is -0.272 e. The molecular weight excluding hydrogens is 202 g/mol. The third kappa shape index (κ3) is 4.38. The molecule has 0 bridgehead atoms. The first kappa shape index (κ1) is 11.9. The molecule has 0 aliphatic rings. The molecule has 0 aliphatic carbocycles. The molecule has 1 rings (SSSR count). The predicted molar refractivity (Wildman–Crippen MR) is 61.6 cm³/mol. The summed E-state index contributed by atoms with van der Waals surface area (Å²) in [6.45, 7) is 1.83. The third-order valence-corrected chi connectivity index (χ3v) is 1.91. The molecule has 1 amide bonds. The van der Waals surface area contributed by atoms with Crippen LogP contribution in [-0.4, -0.2) is 11.6 Å². The molecule has 0 aromatic heterocycles. The molecule has 0 aliphatic heterocycles. The Bertz CT molecular complexity index is 418. The highest BCUT2D eigenvalue weighted by molar-refractivity contribution is 5.86. The Hall–Kier alpha value is -2.15. The molecule has 16 heavy (non-hydrogen) atoms. The molecule has 0 unspecified atom stereocenters. The van der Waals surface area contributed by atoms with Crippen molar-refractivity contribution in [2.75, 3.05) is 0 Å². The molecule has 0 radical (unpaired) electrons. The van der Waals surface area contributed by atoms with Crippen molar-refractivity contribution in [3.05, 3.63) is 35.9 Å². The van der Waals surface area contributed by atoms with Crippen molar-refractivity contribution in [3.8, 4) is 6.07 Å². The lowest BCUT2D eigenvalue weighted by molar-refractivity contribution is -0.120. The monoisotopic (exact) mass is 215 g/mol. The molecule has 0 spiro atoms. The fourth-order valence-corrected chi connectivity index (χ4v) is 1.20. The van der Waals surface area contributed by atoms with Gasteiger partial charge in [-0.3, -0.25) is 4.79 Å². The van der Waals surface area contributed by atoms with Crippen molar-refractivity contribution in [1.29, 1.82) is 5.26 Å². The van der Waals surface area contributed by atoms with Crippen LogP contribution in [0.1, 0.15) is 18.9 Å². The first-order chi connectivity index (χ1) is 7.72. The van der Waals surface area contributed by atoms with Crippen molar-refractivity contribution in [3.63, 3.8) is 0 Å². The molecule has 4 nitrogen and oxygen atoms in total. The summed E-state index contributed by atoms with van der Waals surface area (Å²) in [5.74, 6) is -0.380. The molecule has 0 fully saturated rings. The molecule has 0 saturated heterocycles.